The molecule has 0 saturated carbocycles. The quantitative estimate of drug-likeness (QED) is 0.624. The Labute approximate surface area is 171 Å². The maximum absolute atomic E-state index is 13.7. The molecule has 0 aliphatic rings. The van der Waals surface area contributed by atoms with Gasteiger partial charge in [0.15, 0.2) is 0 Å². The summed E-state index contributed by atoms with van der Waals surface area (Å²) < 4.78 is 15.5. The molecule has 0 bridgehead atoms. The molecule has 6 heteroatoms. The first kappa shape index (κ1) is 20.6. The van der Waals surface area contributed by atoms with Crippen molar-refractivity contribution < 1.29 is 9.18 Å². The Morgan fingerprint density at radius 2 is 1.79 bits per heavy atom. The van der Waals surface area contributed by atoms with E-state index in [1.807, 2.05) is 74.9 Å². The predicted octanol–water partition coefficient (Wildman–Crippen LogP) is 4.34. The second-order valence-electron chi connectivity index (χ2n) is 7.57. The molecule has 5 nitrogen and oxygen atoms in total. The van der Waals surface area contributed by atoms with Gasteiger partial charge in [-0.15, -0.1) is 0 Å². The minimum Gasteiger partial charge on any atom is -0.363 e. The Morgan fingerprint density at radius 3 is 2.38 bits per heavy atom. The number of nitrogens with zero attached hydrogens (tertiary/aromatic N) is 4. The summed E-state index contributed by atoms with van der Waals surface area (Å²) in [5, 5.41) is 4.74. The minimum absolute atomic E-state index is 0.0652. The van der Waals surface area contributed by atoms with Crippen LogP contribution in [0.25, 0.3) is 11.3 Å². The van der Waals surface area contributed by atoms with E-state index in [1.54, 1.807) is 17.0 Å². The van der Waals surface area contributed by atoms with Crippen LogP contribution in [0.4, 0.5) is 10.2 Å². The molecular weight excluding hydrogens is 367 g/mol. The van der Waals surface area contributed by atoms with Crippen LogP contribution in [0.5, 0.6) is 0 Å². The molecule has 152 valence electrons. The van der Waals surface area contributed by atoms with Crippen molar-refractivity contribution in [3.63, 3.8) is 0 Å². The highest BCUT2D eigenvalue weighted by atomic mass is 19.1. The molecule has 0 N–H and O–H groups in total. The molecule has 2 aromatic carbocycles. The van der Waals surface area contributed by atoms with Gasteiger partial charge in [-0.1, -0.05) is 36.4 Å². The fourth-order valence-corrected chi connectivity index (χ4v) is 3.54. The van der Waals surface area contributed by atoms with Crippen molar-refractivity contribution in [2.75, 3.05) is 19.0 Å². The van der Waals surface area contributed by atoms with Crippen molar-refractivity contribution >= 4 is 11.7 Å². The van der Waals surface area contributed by atoms with E-state index in [2.05, 4.69) is 0 Å². The van der Waals surface area contributed by atoms with Gasteiger partial charge in [0.05, 0.1) is 12.2 Å². The second kappa shape index (κ2) is 8.47. The summed E-state index contributed by atoms with van der Waals surface area (Å²) in [7, 11) is 5.83. The molecule has 1 amide bonds. The maximum Gasteiger partial charge on any atom is 0.254 e. The zero-order valence-electron chi connectivity index (χ0n) is 17.6. The molecular formula is C23H27FN4O. The van der Waals surface area contributed by atoms with Gasteiger partial charge in [0.2, 0.25) is 0 Å². The Morgan fingerprint density at radius 1 is 1.10 bits per heavy atom. The average molecular weight is 394 g/mol. The van der Waals surface area contributed by atoms with E-state index in [0.717, 1.165) is 22.6 Å². The van der Waals surface area contributed by atoms with Crippen molar-refractivity contribution in [2.45, 2.75) is 26.4 Å². The first-order valence-corrected chi connectivity index (χ1v) is 9.64. The Hall–Kier alpha value is -3.15. The summed E-state index contributed by atoms with van der Waals surface area (Å²) in [6, 6.07) is 15.7. The number of carbonyl (C=O) groups is 1. The third kappa shape index (κ3) is 4.31. The lowest BCUT2D eigenvalue weighted by Crippen LogP contribution is -2.37. The van der Waals surface area contributed by atoms with Crippen LogP contribution in [0.1, 0.15) is 29.8 Å². The molecule has 1 aromatic heterocycles. The molecule has 0 saturated heterocycles. The fraction of sp³-hybridized carbons (Fsp3) is 0.304. The van der Waals surface area contributed by atoms with Gasteiger partial charge in [0, 0.05) is 43.9 Å². The molecule has 0 atom stereocenters. The van der Waals surface area contributed by atoms with Crippen molar-refractivity contribution in [1.82, 2.24) is 14.7 Å². The van der Waals surface area contributed by atoms with Gasteiger partial charge in [-0.2, -0.15) is 5.10 Å². The first-order valence-electron chi connectivity index (χ1n) is 9.64. The molecule has 3 aromatic rings. The zero-order valence-corrected chi connectivity index (χ0v) is 17.6. The van der Waals surface area contributed by atoms with Crippen LogP contribution < -0.4 is 4.90 Å². The van der Waals surface area contributed by atoms with Gasteiger partial charge >= 0.3 is 0 Å². The third-order valence-corrected chi connectivity index (χ3v) is 4.87. The second-order valence-corrected chi connectivity index (χ2v) is 7.57. The molecule has 0 aliphatic heterocycles. The van der Waals surface area contributed by atoms with Crippen molar-refractivity contribution in [2.24, 2.45) is 7.05 Å². The monoisotopic (exact) mass is 394 g/mol. The standard InChI is InChI=1S/C23H27FN4O/c1-16(2)28(23(29)18-12-9-13-19(24)14-18)15-20-21(17-10-7-6-8-11-17)25-27(5)22(20)26(3)4/h6-14,16H,15H2,1-5H3. The topological polar surface area (TPSA) is 41.4 Å². The summed E-state index contributed by atoms with van der Waals surface area (Å²) in [6.45, 7) is 4.30. The van der Waals surface area contributed by atoms with E-state index in [9.17, 15) is 9.18 Å². The van der Waals surface area contributed by atoms with Gasteiger partial charge in [-0.05, 0) is 32.0 Å². The Kier molecular flexibility index (Phi) is 6.01. The SMILES string of the molecule is CC(C)N(Cc1c(-c2ccccc2)nn(C)c1N(C)C)C(=O)c1cccc(F)c1. The molecule has 0 unspecified atom stereocenters. The van der Waals surface area contributed by atoms with Gasteiger partial charge in [0.25, 0.3) is 5.91 Å². The number of rotatable bonds is 6. The third-order valence-electron chi connectivity index (χ3n) is 4.87. The van der Waals surface area contributed by atoms with Gasteiger partial charge in [-0.25, -0.2) is 4.39 Å². The maximum atomic E-state index is 13.7. The molecule has 0 spiro atoms. The van der Waals surface area contributed by atoms with Crippen molar-refractivity contribution in [3.05, 3.63) is 71.5 Å². The van der Waals surface area contributed by atoms with Gasteiger partial charge in [0.1, 0.15) is 11.6 Å². The zero-order chi connectivity index (χ0) is 21.1. The molecule has 29 heavy (non-hydrogen) atoms. The Balaban J connectivity index is 2.07. The van der Waals surface area contributed by atoms with E-state index < -0.39 is 5.82 Å². The van der Waals surface area contributed by atoms with Crippen LogP contribution in [0.3, 0.4) is 0 Å². The first-order chi connectivity index (χ1) is 13.8. The van der Waals surface area contributed by atoms with Gasteiger partial charge < -0.3 is 9.80 Å². The summed E-state index contributed by atoms with van der Waals surface area (Å²) in [5.41, 5.74) is 3.14. The van der Waals surface area contributed by atoms with E-state index >= 15 is 0 Å². The van der Waals surface area contributed by atoms with E-state index in [-0.39, 0.29) is 11.9 Å². The summed E-state index contributed by atoms with van der Waals surface area (Å²) >= 11 is 0. The summed E-state index contributed by atoms with van der Waals surface area (Å²) in [4.78, 5) is 17.0. The largest absolute Gasteiger partial charge is 0.363 e. The molecule has 0 aliphatic carbocycles. The van der Waals surface area contributed by atoms with Crippen LogP contribution in [0, 0.1) is 5.82 Å². The highest BCUT2D eigenvalue weighted by Gasteiger charge is 2.26. The lowest BCUT2D eigenvalue weighted by molar-refractivity contribution is 0.0690. The number of hydrogen-bond donors (Lipinski definition) is 0. The molecule has 0 fully saturated rings. The highest BCUT2D eigenvalue weighted by molar-refractivity contribution is 5.94. The van der Waals surface area contributed by atoms with Crippen LogP contribution in [0.15, 0.2) is 54.6 Å². The van der Waals surface area contributed by atoms with Crippen LogP contribution in [0.2, 0.25) is 0 Å². The number of hydrogen-bond acceptors (Lipinski definition) is 3. The lowest BCUT2D eigenvalue weighted by Gasteiger charge is -2.28. The van der Waals surface area contributed by atoms with E-state index in [0.29, 0.717) is 12.1 Å². The number of anilines is 1. The molecule has 3 rings (SSSR count). The molecule has 1 heterocycles. The number of benzene rings is 2. The summed E-state index contributed by atoms with van der Waals surface area (Å²) in [5.74, 6) is 0.313. The van der Waals surface area contributed by atoms with Gasteiger partial charge in [-0.3, -0.25) is 9.48 Å². The average Bonchev–Trinajstić information content (AvgIpc) is 3.02. The minimum atomic E-state index is -0.417. The summed E-state index contributed by atoms with van der Waals surface area (Å²) in [6.07, 6.45) is 0. The van der Waals surface area contributed by atoms with Crippen molar-refractivity contribution in [1.29, 1.82) is 0 Å². The lowest BCUT2D eigenvalue weighted by atomic mass is 10.1. The smallest absolute Gasteiger partial charge is 0.254 e. The highest BCUT2D eigenvalue weighted by Crippen LogP contribution is 2.32. The normalized spacial score (nSPS) is 11.0. The van der Waals surface area contributed by atoms with Crippen molar-refractivity contribution in [3.8, 4) is 11.3 Å². The van der Waals surface area contributed by atoms with Crippen LogP contribution in [-0.4, -0.2) is 40.7 Å². The number of aryl methyl sites for hydroxylation is 1. The van der Waals surface area contributed by atoms with Crippen LogP contribution in [-0.2, 0) is 13.6 Å². The predicted molar refractivity (Wildman–Crippen MR) is 114 cm³/mol. The Bertz CT molecular complexity index is 995. The molecule has 0 radical (unpaired) electrons. The number of aromatic nitrogens is 2. The van der Waals surface area contributed by atoms with Crippen LogP contribution >= 0.6 is 0 Å². The van der Waals surface area contributed by atoms with E-state index in [4.69, 9.17) is 5.10 Å². The fourth-order valence-electron chi connectivity index (χ4n) is 3.54. The number of amides is 1. The number of halogens is 1. The number of carbonyl (C=O) groups excluding carboxylic acids is 1. The van der Waals surface area contributed by atoms with E-state index in [1.165, 1.54) is 12.1 Å².